The first-order valence-electron chi connectivity index (χ1n) is 5.75. The van der Waals surface area contributed by atoms with E-state index in [2.05, 4.69) is 55.5 Å². The molecule has 0 aromatic heterocycles. The summed E-state index contributed by atoms with van der Waals surface area (Å²) in [5.41, 5.74) is 2.59. The molecule has 0 aliphatic heterocycles. The quantitative estimate of drug-likeness (QED) is 0.574. The summed E-state index contributed by atoms with van der Waals surface area (Å²) < 4.78 is 5.58. The maximum atomic E-state index is 5.58. The first kappa shape index (κ1) is 12.2. The van der Waals surface area contributed by atoms with Crippen LogP contribution in [0.2, 0.25) is 0 Å². The van der Waals surface area contributed by atoms with Gasteiger partial charge in [0.25, 0.3) is 0 Å². The Morgan fingerprint density at radius 1 is 0.941 bits per heavy atom. The van der Waals surface area contributed by atoms with E-state index < -0.39 is 0 Å². The Morgan fingerprint density at radius 2 is 1.65 bits per heavy atom. The molecule has 88 valence electrons. The molecule has 0 aliphatic carbocycles. The fourth-order valence-electron chi connectivity index (χ4n) is 1.51. The third kappa shape index (κ3) is 4.25. The minimum Gasteiger partial charge on any atom is -0.310 e. The van der Waals surface area contributed by atoms with Crippen molar-refractivity contribution in [1.29, 1.82) is 0 Å². The molecule has 0 atom stereocenters. The molecular formula is C15H16OS. The highest BCUT2D eigenvalue weighted by molar-refractivity contribution is 7.94. The fourth-order valence-corrected chi connectivity index (χ4v) is 2.06. The predicted octanol–water partition coefficient (Wildman–Crippen LogP) is 4.26. The summed E-state index contributed by atoms with van der Waals surface area (Å²) in [6.07, 6.45) is 0.958. The highest BCUT2D eigenvalue weighted by Crippen LogP contribution is 2.19. The fraction of sp³-hybridized carbons (Fsp3) is 0.200. The second-order valence-corrected chi connectivity index (χ2v) is 4.83. The average molecular weight is 244 g/mol. The van der Waals surface area contributed by atoms with Gasteiger partial charge in [-0.1, -0.05) is 48.0 Å². The molecule has 0 fully saturated rings. The van der Waals surface area contributed by atoms with E-state index >= 15 is 0 Å². The number of benzene rings is 2. The molecule has 2 rings (SSSR count). The van der Waals surface area contributed by atoms with Crippen molar-refractivity contribution in [2.75, 3.05) is 6.61 Å². The van der Waals surface area contributed by atoms with E-state index in [0.29, 0.717) is 0 Å². The summed E-state index contributed by atoms with van der Waals surface area (Å²) >= 11 is 1.45. The van der Waals surface area contributed by atoms with Crippen molar-refractivity contribution in [2.45, 2.75) is 18.2 Å². The van der Waals surface area contributed by atoms with Crippen molar-refractivity contribution in [3.8, 4) is 0 Å². The van der Waals surface area contributed by atoms with Crippen molar-refractivity contribution in [1.82, 2.24) is 0 Å². The molecule has 0 bridgehead atoms. The molecule has 0 radical (unpaired) electrons. The van der Waals surface area contributed by atoms with E-state index in [1.165, 1.54) is 23.2 Å². The van der Waals surface area contributed by atoms with Gasteiger partial charge in [-0.05, 0) is 31.0 Å². The highest BCUT2D eigenvalue weighted by Gasteiger charge is 1.95. The summed E-state index contributed by atoms with van der Waals surface area (Å²) in [5.74, 6) is 0. The van der Waals surface area contributed by atoms with Crippen LogP contribution >= 0.6 is 12.0 Å². The van der Waals surface area contributed by atoms with Crippen molar-refractivity contribution in [3.05, 3.63) is 65.7 Å². The molecule has 2 aromatic carbocycles. The Hall–Kier alpha value is -1.25. The van der Waals surface area contributed by atoms with Gasteiger partial charge in [-0.25, -0.2) is 0 Å². The summed E-state index contributed by atoms with van der Waals surface area (Å²) in [4.78, 5) is 1.16. The van der Waals surface area contributed by atoms with Crippen LogP contribution in [0.4, 0.5) is 0 Å². The zero-order valence-corrected chi connectivity index (χ0v) is 10.7. The zero-order chi connectivity index (χ0) is 11.9. The zero-order valence-electron chi connectivity index (χ0n) is 9.93. The van der Waals surface area contributed by atoms with Crippen molar-refractivity contribution < 1.29 is 4.18 Å². The van der Waals surface area contributed by atoms with Gasteiger partial charge in [-0.15, -0.1) is 0 Å². The van der Waals surface area contributed by atoms with Crippen LogP contribution in [0, 0.1) is 6.92 Å². The summed E-state index contributed by atoms with van der Waals surface area (Å²) in [5, 5.41) is 0. The largest absolute Gasteiger partial charge is 0.310 e. The second kappa shape index (κ2) is 6.48. The van der Waals surface area contributed by atoms with Gasteiger partial charge < -0.3 is 4.18 Å². The summed E-state index contributed by atoms with van der Waals surface area (Å²) in [6, 6.07) is 18.8. The SMILES string of the molecule is Cc1ccc(SOCCc2ccccc2)cc1. The van der Waals surface area contributed by atoms with E-state index in [9.17, 15) is 0 Å². The van der Waals surface area contributed by atoms with Crippen LogP contribution in [0.25, 0.3) is 0 Å². The Balaban J connectivity index is 1.71. The number of aryl methyl sites for hydroxylation is 1. The van der Waals surface area contributed by atoms with E-state index in [-0.39, 0.29) is 0 Å². The van der Waals surface area contributed by atoms with E-state index in [1.54, 1.807) is 0 Å². The molecular weight excluding hydrogens is 228 g/mol. The van der Waals surface area contributed by atoms with Gasteiger partial charge in [0.1, 0.15) is 0 Å². The lowest BCUT2D eigenvalue weighted by Crippen LogP contribution is -1.92. The normalized spacial score (nSPS) is 10.4. The van der Waals surface area contributed by atoms with Gasteiger partial charge >= 0.3 is 0 Å². The van der Waals surface area contributed by atoms with Crippen LogP contribution in [0.5, 0.6) is 0 Å². The Bertz CT molecular complexity index is 436. The minimum absolute atomic E-state index is 0.739. The van der Waals surface area contributed by atoms with Gasteiger partial charge in [0.05, 0.1) is 6.61 Å². The van der Waals surface area contributed by atoms with Crippen LogP contribution in [0.15, 0.2) is 59.5 Å². The van der Waals surface area contributed by atoms with Crippen LogP contribution in [0.3, 0.4) is 0 Å². The molecule has 1 nitrogen and oxygen atoms in total. The maximum absolute atomic E-state index is 5.58. The lowest BCUT2D eigenvalue weighted by atomic mass is 10.2. The predicted molar refractivity (Wildman–Crippen MR) is 73.1 cm³/mol. The van der Waals surface area contributed by atoms with Crippen molar-refractivity contribution in [2.24, 2.45) is 0 Å². The van der Waals surface area contributed by atoms with Gasteiger partial charge in [-0.2, -0.15) is 0 Å². The second-order valence-electron chi connectivity index (χ2n) is 3.95. The van der Waals surface area contributed by atoms with Crippen molar-refractivity contribution in [3.63, 3.8) is 0 Å². The van der Waals surface area contributed by atoms with Crippen LogP contribution in [-0.4, -0.2) is 6.61 Å². The van der Waals surface area contributed by atoms with Gasteiger partial charge in [-0.3, -0.25) is 0 Å². The monoisotopic (exact) mass is 244 g/mol. The molecule has 0 saturated heterocycles. The maximum Gasteiger partial charge on any atom is 0.0658 e. The van der Waals surface area contributed by atoms with Crippen LogP contribution < -0.4 is 0 Å². The number of hydrogen-bond donors (Lipinski definition) is 0. The molecule has 0 amide bonds. The Labute approximate surface area is 107 Å². The lowest BCUT2D eigenvalue weighted by molar-refractivity contribution is 0.379. The third-order valence-electron chi connectivity index (χ3n) is 2.49. The summed E-state index contributed by atoms with van der Waals surface area (Å²) in [7, 11) is 0. The molecule has 0 heterocycles. The van der Waals surface area contributed by atoms with E-state index in [4.69, 9.17) is 4.18 Å². The minimum atomic E-state index is 0.739. The number of hydrogen-bond acceptors (Lipinski definition) is 2. The van der Waals surface area contributed by atoms with Gasteiger partial charge in [0, 0.05) is 16.9 Å². The van der Waals surface area contributed by atoms with Gasteiger partial charge in [0.2, 0.25) is 0 Å². The third-order valence-corrected chi connectivity index (χ3v) is 3.24. The molecule has 0 unspecified atom stereocenters. The van der Waals surface area contributed by atoms with Crippen molar-refractivity contribution >= 4 is 12.0 Å². The Kier molecular flexibility index (Phi) is 4.65. The van der Waals surface area contributed by atoms with Crippen LogP contribution in [0.1, 0.15) is 11.1 Å². The molecule has 2 aromatic rings. The van der Waals surface area contributed by atoms with Gasteiger partial charge in [0.15, 0.2) is 0 Å². The average Bonchev–Trinajstić information content (AvgIpc) is 2.38. The molecule has 0 aliphatic rings. The first-order valence-corrected chi connectivity index (χ1v) is 6.49. The molecule has 2 heteroatoms. The first-order chi connectivity index (χ1) is 8.34. The molecule has 0 saturated carbocycles. The number of rotatable bonds is 5. The molecule has 17 heavy (non-hydrogen) atoms. The lowest BCUT2D eigenvalue weighted by Gasteiger charge is -2.03. The van der Waals surface area contributed by atoms with Crippen LogP contribution in [-0.2, 0) is 10.6 Å². The summed E-state index contributed by atoms with van der Waals surface area (Å²) in [6.45, 7) is 2.83. The topological polar surface area (TPSA) is 9.23 Å². The molecule has 0 spiro atoms. The Morgan fingerprint density at radius 3 is 2.35 bits per heavy atom. The molecule has 0 N–H and O–H groups in total. The standard InChI is InChI=1S/C15H16OS/c1-13-7-9-15(10-8-13)17-16-12-11-14-5-3-2-4-6-14/h2-10H,11-12H2,1H3. The van der Waals surface area contributed by atoms with E-state index in [0.717, 1.165) is 17.9 Å². The highest BCUT2D eigenvalue weighted by atomic mass is 32.2. The smallest absolute Gasteiger partial charge is 0.0658 e. The van der Waals surface area contributed by atoms with E-state index in [1.807, 2.05) is 6.07 Å².